The third-order valence-corrected chi connectivity index (χ3v) is 5.53. The second-order valence-electron chi connectivity index (χ2n) is 5.56. The summed E-state index contributed by atoms with van der Waals surface area (Å²) in [7, 11) is -1.09. The van der Waals surface area contributed by atoms with Crippen LogP contribution in [0.4, 0.5) is 11.4 Å². The number of aromatic carboxylic acids is 1. The summed E-state index contributed by atoms with van der Waals surface area (Å²) in [6.45, 7) is 1.65. The molecule has 1 N–H and O–H groups in total. The van der Waals surface area contributed by atoms with E-state index < -0.39 is 16.0 Å². The van der Waals surface area contributed by atoms with Crippen LogP contribution in [-0.4, -0.2) is 39.0 Å². The van der Waals surface area contributed by atoms with Gasteiger partial charge in [-0.1, -0.05) is 17.7 Å². The van der Waals surface area contributed by atoms with Crippen LogP contribution in [0.25, 0.3) is 0 Å². The van der Waals surface area contributed by atoms with Gasteiger partial charge in [-0.2, -0.15) is 10.2 Å². The summed E-state index contributed by atoms with van der Waals surface area (Å²) in [5.41, 5.74) is 3.24. The molecule has 0 aliphatic rings. The van der Waals surface area contributed by atoms with Crippen LogP contribution in [0.5, 0.6) is 0 Å². The fraction of sp³-hybridized carbons (Fsp3) is 0.176. The number of carboxylic acids is 1. The molecule has 0 spiro atoms. The Balaban J connectivity index is 0.00000392. The second-order valence-corrected chi connectivity index (χ2v) is 8.15. The van der Waals surface area contributed by atoms with Crippen LogP contribution >= 0.6 is 11.6 Å². The SMILES string of the molecule is CC=NN(Nc1cccc(Cl)c1)c1ccc(S(=O)(=O)N(C)C)cc1C(=O)[O-].[Na+]. The van der Waals surface area contributed by atoms with Crippen LogP contribution < -0.4 is 45.2 Å². The van der Waals surface area contributed by atoms with Gasteiger partial charge in [0.2, 0.25) is 10.0 Å². The Labute approximate surface area is 191 Å². The van der Waals surface area contributed by atoms with E-state index in [1.165, 1.54) is 37.6 Å². The minimum absolute atomic E-state index is 0. The van der Waals surface area contributed by atoms with Crippen molar-refractivity contribution in [3.05, 3.63) is 53.1 Å². The number of anilines is 2. The van der Waals surface area contributed by atoms with Gasteiger partial charge in [0.1, 0.15) is 0 Å². The molecule has 11 heteroatoms. The Hall–Kier alpha value is -1.62. The third-order valence-electron chi connectivity index (χ3n) is 3.49. The molecule has 0 aromatic heterocycles. The molecule has 0 saturated heterocycles. The van der Waals surface area contributed by atoms with Crippen molar-refractivity contribution < 1.29 is 47.9 Å². The molecule has 0 unspecified atom stereocenters. The third kappa shape index (κ3) is 5.69. The Kier molecular flexibility index (Phi) is 8.93. The predicted octanol–water partition coefficient (Wildman–Crippen LogP) is -1.20. The number of nitrogens with zero attached hydrogens (tertiary/aromatic N) is 3. The maximum Gasteiger partial charge on any atom is 1.00 e. The summed E-state index contributed by atoms with van der Waals surface area (Å²) >= 11 is 5.96. The van der Waals surface area contributed by atoms with Crippen molar-refractivity contribution >= 4 is 45.2 Å². The van der Waals surface area contributed by atoms with E-state index in [0.717, 1.165) is 10.4 Å². The number of hydrogen-bond acceptors (Lipinski definition) is 7. The van der Waals surface area contributed by atoms with Crippen molar-refractivity contribution in [1.82, 2.24) is 4.31 Å². The van der Waals surface area contributed by atoms with Crippen molar-refractivity contribution in [2.24, 2.45) is 5.10 Å². The Morgan fingerprint density at radius 1 is 1.21 bits per heavy atom. The number of nitrogens with one attached hydrogen (secondary N) is 1. The van der Waals surface area contributed by atoms with E-state index in [1.54, 1.807) is 31.2 Å². The molecule has 0 radical (unpaired) electrons. The van der Waals surface area contributed by atoms with Crippen LogP contribution in [-0.2, 0) is 10.0 Å². The number of carboxylic acid groups (broad SMARTS) is 1. The number of hydrazine groups is 1. The molecule has 8 nitrogen and oxygen atoms in total. The second kappa shape index (κ2) is 10.2. The van der Waals surface area contributed by atoms with Gasteiger partial charge in [-0.05, 0) is 43.3 Å². The molecular weight excluding hydrogens is 415 g/mol. The normalized spacial score (nSPS) is 11.3. The first kappa shape index (κ1) is 24.4. The minimum Gasteiger partial charge on any atom is -0.545 e. The quantitative estimate of drug-likeness (QED) is 0.334. The van der Waals surface area contributed by atoms with Crippen molar-refractivity contribution in [2.45, 2.75) is 11.8 Å². The Morgan fingerprint density at radius 2 is 1.89 bits per heavy atom. The fourth-order valence-electron chi connectivity index (χ4n) is 2.18. The number of rotatable bonds is 7. The zero-order chi connectivity index (χ0) is 20.2. The maximum atomic E-state index is 12.3. The molecule has 28 heavy (non-hydrogen) atoms. The van der Waals surface area contributed by atoms with E-state index in [2.05, 4.69) is 10.5 Å². The van der Waals surface area contributed by atoms with Gasteiger partial charge in [-0.15, -0.1) is 0 Å². The average molecular weight is 433 g/mol. The molecule has 144 valence electrons. The molecule has 2 rings (SSSR count). The van der Waals surface area contributed by atoms with Crippen molar-refractivity contribution in [3.63, 3.8) is 0 Å². The van der Waals surface area contributed by atoms with Crippen LogP contribution in [0, 0.1) is 0 Å². The summed E-state index contributed by atoms with van der Waals surface area (Å²) < 4.78 is 25.6. The van der Waals surface area contributed by atoms with E-state index in [4.69, 9.17) is 11.6 Å². The molecule has 0 saturated carbocycles. The average Bonchev–Trinajstić information content (AvgIpc) is 2.60. The largest absolute Gasteiger partial charge is 1.00 e. The number of hydrazone groups is 1. The Morgan fingerprint density at radius 3 is 2.43 bits per heavy atom. The first-order chi connectivity index (χ1) is 12.7. The van der Waals surface area contributed by atoms with Gasteiger partial charge >= 0.3 is 29.6 Å². The molecule has 0 aliphatic heterocycles. The van der Waals surface area contributed by atoms with Gasteiger partial charge in [0.05, 0.1) is 22.2 Å². The van der Waals surface area contributed by atoms with E-state index in [0.29, 0.717) is 10.7 Å². The van der Waals surface area contributed by atoms with Gasteiger partial charge in [0.15, 0.2) is 0 Å². The summed E-state index contributed by atoms with van der Waals surface area (Å²) in [4.78, 5) is 11.5. The molecule has 0 bridgehead atoms. The van der Waals surface area contributed by atoms with E-state index in [1.807, 2.05) is 0 Å². The summed E-state index contributed by atoms with van der Waals surface area (Å²) in [5, 5.41) is 17.4. The number of carbonyl (C=O) groups excluding carboxylic acids is 1. The molecular formula is C17H18ClN4NaO4S. The monoisotopic (exact) mass is 432 g/mol. The molecule has 0 aliphatic carbocycles. The predicted molar refractivity (Wildman–Crippen MR) is 103 cm³/mol. The van der Waals surface area contributed by atoms with Crippen molar-refractivity contribution in [1.29, 1.82) is 0 Å². The molecule has 0 amide bonds. The first-order valence-electron chi connectivity index (χ1n) is 7.75. The van der Waals surface area contributed by atoms with Gasteiger partial charge in [0, 0.05) is 30.9 Å². The number of benzene rings is 2. The van der Waals surface area contributed by atoms with Crippen molar-refractivity contribution in [3.8, 4) is 0 Å². The first-order valence-corrected chi connectivity index (χ1v) is 9.57. The van der Waals surface area contributed by atoms with E-state index in [9.17, 15) is 18.3 Å². The summed E-state index contributed by atoms with van der Waals surface area (Å²) in [6, 6.07) is 10.4. The molecule has 0 heterocycles. The Bertz CT molecular complexity index is 983. The van der Waals surface area contributed by atoms with Gasteiger partial charge in [-0.3, -0.25) is 5.43 Å². The molecule has 0 atom stereocenters. The standard InChI is InChI=1S/C17H19ClN4O4S.Na/c1-4-19-22(20-13-7-5-6-12(18)10-13)16-9-8-14(11-15(16)17(23)24)27(25,26)21(2)3;/h4-11,20H,1-3H3,(H,23,24);/q;+1/p-1. The van der Waals surface area contributed by atoms with Crippen LogP contribution in [0.3, 0.4) is 0 Å². The number of halogens is 1. The minimum atomic E-state index is -3.80. The van der Waals surface area contributed by atoms with Crippen LogP contribution in [0.1, 0.15) is 17.3 Å². The number of hydrogen-bond donors (Lipinski definition) is 1. The van der Waals surface area contributed by atoms with Gasteiger partial charge in [-0.25, -0.2) is 12.7 Å². The summed E-state index contributed by atoms with van der Waals surface area (Å²) in [6.07, 6.45) is 1.45. The topological polar surface area (TPSA) is 105 Å². The number of sulfonamides is 1. The zero-order valence-corrected chi connectivity index (χ0v) is 19.5. The molecule has 2 aromatic rings. The number of carbonyl (C=O) groups is 1. The van der Waals surface area contributed by atoms with Crippen molar-refractivity contribution in [2.75, 3.05) is 24.6 Å². The van der Waals surface area contributed by atoms with Crippen LogP contribution in [0.2, 0.25) is 5.02 Å². The van der Waals surface area contributed by atoms with Gasteiger partial charge in [0.25, 0.3) is 0 Å². The smallest absolute Gasteiger partial charge is 0.545 e. The van der Waals surface area contributed by atoms with Gasteiger partial charge < -0.3 is 9.90 Å². The maximum absolute atomic E-state index is 12.3. The molecule has 2 aromatic carbocycles. The van der Waals surface area contributed by atoms with Crippen LogP contribution in [0.15, 0.2) is 52.5 Å². The fourth-order valence-corrected chi connectivity index (χ4v) is 3.30. The van der Waals surface area contributed by atoms with E-state index >= 15 is 0 Å². The molecule has 0 fully saturated rings. The van der Waals surface area contributed by atoms with E-state index in [-0.39, 0.29) is 45.7 Å². The summed E-state index contributed by atoms with van der Waals surface area (Å²) in [5.74, 6) is -1.54. The zero-order valence-electron chi connectivity index (χ0n) is 15.9.